The van der Waals surface area contributed by atoms with Crippen LogP contribution in [0.5, 0.6) is 0 Å². The Labute approximate surface area is 270 Å². The van der Waals surface area contributed by atoms with Gasteiger partial charge in [-0.1, -0.05) is 36.4 Å². The van der Waals surface area contributed by atoms with Crippen LogP contribution >= 0.6 is 11.3 Å². The highest BCUT2D eigenvalue weighted by Gasteiger charge is 2.19. The lowest BCUT2D eigenvalue weighted by Gasteiger charge is -2.11. The van der Waals surface area contributed by atoms with E-state index in [1.54, 1.807) is 30.1 Å². The van der Waals surface area contributed by atoms with E-state index in [4.69, 9.17) is 4.42 Å². The van der Waals surface area contributed by atoms with E-state index < -0.39 is 0 Å². The van der Waals surface area contributed by atoms with Crippen LogP contribution in [0.15, 0.2) is 127 Å². The topological polar surface area (TPSA) is 93.4 Å². The summed E-state index contributed by atoms with van der Waals surface area (Å²) < 4.78 is 9.94. The quantitative estimate of drug-likeness (QED) is 0.195. The van der Waals surface area contributed by atoms with Crippen molar-refractivity contribution < 1.29 is 4.42 Å². The largest absolute Gasteiger partial charge is 0.455 e. The van der Waals surface area contributed by atoms with Crippen molar-refractivity contribution in [3.63, 3.8) is 0 Å². The number of benzene rings is 4. The number of para-hydroxylation sites is 1. The van der Waals surface area contributed by atoms with Gasteiger partial charge in [0.2, 0.25) is 0 Å². The maximum Gasteiger partial charge on any atom is 0.143 e. The van der Waals surface area contributed by atoms with E-state index in [2.05, 4.69) is 85.2 Å². The van der Waals surface area contributed by atoms with Crippen molar-refractivity contribution in [2.24, 2.45) is 0 Å². The normalized spacial score (nSPS) is 11.8. The molecular weight excluding hydrogens is 601 g/mol. The Morgan fingerprint density at radius 1 is 0.681 bits per heavy atom. The molecule has 8 heteroatoms. The summed E-state index contributed by atoms with van der Waals surface area (Å²) in [4.78, 5) is 18.5. The Balaban J connectivity index is 1.17. The molecule has 0 radical (unpaired) electrons. The van der Waals surface area contributed by atoms with Crippen LogP contribution in [-0.4, -0.2) is 24.5 Å². The van der Waals surface area contributed by atoms with Crippen molar-refractivity contribution in [1.82, 2.24) is 24.5 Å². The number of rotatable bonds is 3. The van der Waals surface area contributed by atoms with E-state index in [0.717, 1.165) is 92.0 Å². The molecule has 0 bridgehead atoms. The maximum absolute atomic E-state index is 10.1. The Morgan fingerprint density at radius 2 is 1.47 bits per heavy atom. The molecule has 0 aliphatic carbocycles. The van der Waals surface area contributed by atoms with E-state index in [-0.39, 0.29) is 0 Å². The molecule has 0 amide bonds. The van der Waals surface area contributed by atoms with E-state index in [9.17, 15) is 5.26 Å². The Bertz CT molecular complexity index is 2890. The number of hydrogen-bond acceptors (Lipinski definition) is 7. The highest BCUT2D eigenvalue weighted by Crippen LogP contribution is 2.43. The minimum Gasteiger partial charge on any atom is -0.455 e. The van der Waals surface area contributed by atoms with Crippen molar-refractivity contribution in [2.45, 2.75) is 0 Å². The summed E-state index contributed by atoms with van der Waals surface area (Å²) in [7, 11) is 0. The zero-order chi connectivity index (χ0) is 31.1. The SMILES string of the molecule is N#Cc1cc(-c2ccc3oc4c(-c5cccc6sc7ncncc7c56)cccc4c3c2)cc(-n2c3ccncc3c3cnccc32)c1. The Kier molecular flexibility index (Phi) is 5.38. The molecule has 10 rings (SSSR count). The highest BCUT2D eigenvalue weighted by atomic mass is 32.1. The van der Waals surface area contributed by atoms with Crippen molar-refractivity contribution in [3.05, 3.63) is 128 Å². The molecule has 0 N–H and O–H groups in total. The first-order valence-electron chi connectivity index (χ1n) is 15.1. The predicted molar refractivity (Wildman–Crippen MR) is 188 cm³/mol. The van der Waals surface area contributed by atoms with Gasteiger partial charge >= 0.3 is 0 Å². The molecule has 0 saturated carbocycles. The number of furan rings is 1. The van der Waals surface area contributed by atoms with Gasteiger partial charge in [0.1, 0.15) is 22.3 Å². The first-order valence-corrected chi connectivity index (χ1v) is 15.9. The van der Waals surface area contributed by atoms with Crippen molar-refractivity contribution in [3.8, 4) is 34.0 Å². The number of aromatic nitrogens is 5. The highest BCUT2D eigenvalue weighted by molar-refractivity contribution is 7.25. The van der Waals surface area contributed by atoms with Gasteiger partial charge in [-0.2, -0.15) is 5.26 Å². The van der Waals surface area contributed by atoms with E-state index in [0.29, 0.717) is 5.56 Å². The number of pyridine rings is 2. The molecule has 0 aliphatic heterocycles. The molecule has 0 saturated heterocycles. The monoisotopic (exact) mass is 620 g/mol. The summed E-state index contributed by atoms with van der Waals surface area (Å²) in [6.45, 7) is 0. The lowest BCUT2D eigenvalue weighted by atomic mass is 9.97. The molecule has 0 unspecified atom stereocenters. The van der Waals surface area contributed by atoms with Crippen molar-refractivity contribution in [1.29, 1.82) is 5.26 Å². The van der Waals surface area contributed by atoms with Crippen LogP contribution in [0.1, 0.15) is 5.56 Å². The number of thiophene rings is 1. The minimum atomic E-state index is 0.579. The molecule has 6 aromatic heterocycles. The lowest BCUT2D eigenvalue weighted by Crippen LogP contribution is -1.96. The van der Waals surface area contributed by atoms with Crippen LogP contribution in [0.25, 0.3) is 92.0 Å². The number of nitrogens with zero attached hydrogens (tertiary/aromatic N) is 6. The van der Waals surface area contributed by atoms with Gasteiger partial charge in [0.05, 0.1) is 22.7 Å². The molecule has 7 nitrogen and oxygen atoms in total. The first-order chi connectivity index (χ1) is 23.2. The summed E-state index contributed by atoms with van der Waals surface area (Å²) in [5.41, 5.74) is 9.19. The fraction of sp³-hybridized carbons (Fsp3) is 0. The van der Waals surface area contributed by atoms with Crippen LogP contribution in [-0.2, 0) is 0 Å². The van der Waals surface area contributed by atoms with Crippen LogP contribution < -0.4 is 0 Å². The van der Waals surface area contributed by atoms with Gasteiger partial charge in [-0.25, -0.2) is 9.97 Å². The Morgan fingerprint density at radius 3 is 2.30 bits per heavy atom. The van der Waals surface area contributed by atoms with E-state index >= 15 is 0 Å². The number of nitriles is 1. The average Bonchev–Trinajstić information content (AvgIpc) is 3.80. The van der Waals surface area contributed by atoms with Crippen molar-refractivity contribution >= 4 is 75.4 Å². The first kappa shape index (κ1) is 25.9. The summed E-state index contributed by atoms with van der Waals surface area (Å²) in [5, 5.41) is 16.4. The molecule has 0 fully saturated rings. The summed E-state index contributed by atoms with van der Waals surface area (Å²) in [6.07, 6.45) is 10.8. The van der Waals surface area contributed by atoms with Gasteiger partial charge < -0.3 is 8.98 Å². The second-order valence-electron chi connectivity index (χ2n) is 11.5. The van der Waals surface area contributed by atoms with E-state index in [1.165, 1.54) is 0 Å². The smallest absolute Gasteiger partial charge is 0.143 e. The van der Waals surface area contributed by atoms with Gasteiger partial charge in [-0.3, -0.25) is 9.97 Å². The molecule has 0 aliphatic rings. The number of fused-ring (bicyclic) bond motifs is 9. The summed E-state index contributed by atoms with van der Waals surface area (Å²) in [6, 6.07) is 31.3. The standard InChI is InChI=1S/C39H20N6OS/c40-17-22-13-24(15-25(14-22)45-33-9-11-41-18-30(33)31-19-42-12-10-34(31)45)23-7-8-35-29(16-23)28-5-1-4-27(38(28)46-35)26-3-2-6-36-37(26)32-20-43-21-44-39(32)47-36/h1-16,18-21H. The zero-order valence-corrected chi connectivity index (χ0v) is 25.4. The second-order valence-corrected chi connectivity index (χ2v) is 12.5. The summed E-state index contributed by atoms with van der Waals surface area (Å²) >= 11 is 1.67. The molecule has 0 atom stereocenters. The third kappa shape index (κ3) is 3.78. The van der Waals surface area contributed by atoms with Gasteiger partial charge in [0.25, 0.3) is 0 Å². The second kappa shape index (κ2) is 9.78. The van der Waals surface area contributed by atoms with Crippen LogP contribution in [0, 0.1) is 11.3 Å². The van der Waals surface area contributed by atoms with Crippen LogP contribution in [0.2, 0.25) is 0 Å². The predicted octanol–water partition coefficient (Wildman–Crippen LogP) is 9.84. The maximum atomic E-state index is 10.1. The molecule has 6 heterocycles. The molecule has 218 valence electrons. The average molecular weight is 621 g/mol. The van der Waals surface area contributed by atoms with Crippen LogP contribution in [0.4, 0.5) is 0 Å². The molecule has 4 aromatic carbocycles. The van der Waals surface area contributed by atoms with Crippen LogP contribution in [0.3, 0.4) is 0 Å². The van der Waals surface area contributed by atoms with Gasteiger partial charge in [-0.15, -0.1) is 11.3 Å². The third-order valence-electron chi connectivity index (χ3n) is 8.97. The van der Waals surface area contributed by atoms with Crippen molar-refractivity contribution in [2.75, 3.05) is 0 Å². The molecule has 0 spiro atoms. The zero-order valence-electron chi connectivity index (χ0n) is 24.5. The fourth-order valence-corrected chi connectivity index (χ4v) is 7.98. The van der Waals surface area contributed by atoms with Gasteiger partial charge in [-0.05, 0) is 65.2 Å². The van der Waals surface area contributed by atoms with E-state index in [1.807, 2.05) is 48.9 Å². The lowest BCUT2D eigenvalue weighted by molar-refractivity contribution is 0.670. The molecule has 10 aromatic rings. The minimum absolute atomic E-state index is 0.579. The van der Waals surface area contributed by atoms with Gasteiger partial charge in [0.15, 0.2) is 0 Å². The fourth-order valence-electron chi connectivity index (χ4n) is 6.94. The number of hydrogen-bond donors (Lipinski definition) is 0. The molecule has 47 heavy (non-hydrogen) atoms. The molecular formula is C39H20N6OS. The third-order valence-corrected chi connectivity index (χ3v) is 10.1. The van der Waals surface area contributed by atoms with Gasteiger partial charge in [0, 0.05) is 79.3 Å². The summed E-state index contributed by atoms with van der Waals surface area (Å²) in [5.74, 6) is 0. The Hall–Kier alpha value is -6.43.